The van der Waals surface area contributed by atoms with Gasteiger partial charge in [-0.25, -0.2) is 4.39 Å². The Morgan fingerprint density at radius 1 is 0.794 bits per heavy atom. The maximum Gasteiger partial charge on any atom is 0.201 e. The first-order chi connectivity index (χ1) is 16.6. The van der Waals surface area contributed by atoms with Crippen LogP contribution in [0.1, 0.15) is 100 Å². The lowest BCUT2D eigenvalue weighted by Crippen LogP contribution is -2.26. The first-order valence-electron chi connectivity index (χ1n) is 13.0. The minimum atomic E-state index is -1.00. The standard InChI is InChI=1S/C29H38F2O3/c1-3-5-6-7-20-8-10-21(11-9-20)22-12-14-23(15-13-22)24-18-33-29(34-19-24)25-16-17-26(32-4-2)28(31)27(25)30/h12-17,20-21,24,29H,3-11,18-19H2,1-2H3. The first-order valence-corrected chi connectivity index (χ1v) is 13.0. The van der Waals surface area contributed by atoms with E-state index in [1.807, 2.05) is 0 Å². The van der Waals surface area contributed by atoms with Crippen LogP contribution in [0.25, 0.3) is 0 Å². The van der Waals surface area contributed by atoms with E-state index in [2.05, 4.69) is 31.2 Å². The summed E-state index contributed by atoms with van der Waals surface area (Å²) in [4.78, 5) is 0. The molecule has 186 valence electrons. The Morgan fingerprint density at radius 2 is 1.44 bits per heavy atom. The lowest BCUT2D eigenvalue weighted by molar-refractivity contribution is -0.193. The number of ether oxygens (including phenoxy) is 3. The van der Waals surface area contributed by atoms with Crippen molar-refractivity contribution in [3.63, 3.8) is 0 Å². The van der Waals surface area contributed by atoms with Crippen LogP contribution in [0.3, 0.4) is 0 Å². The molecule has 0 aromatic heterocycles. The second-order valence-corrected chi connectivity index (χ2v) is 9.79. The Morgan fingerprint density at radius 3 is 2.06 bits per heavy atom. The van der Waals surface area contributed by atoms with Gasteiger partial charge in [-0.3, -0.25) is 0 Å². The van der Waals surface area contributed by atoms with E-state index in [1.54, 1.807) is 6.92 Å². The van der Waals surface area contributed by atoms with E-state index in [1.165, 1.54) is 69.1 Å². The largest absolute Gasteiger partial charge is 0.491 e. The molecule has 1 saturated carbocycles. The third-order valence-corrected chi connectivity index (χ3v) is 7.47. The third kappa shape index (κ3) is 5.98. The smallest absolute Gasteiger partial charge is 0.201 e. The van der Waals surface area contributed by atoms with Crippen molar-refractivity contribution in [2.45, 2.75) is 83.3 Å². The van der Waals surface area contributed by atoms with Crippen LogP contribution in [0.4, 0.5) is 8.78 Å². The van der Waals surface area contributed by atoms with E-state index < -0.39 is 17.9 Å². The molecule has 0 amide bonds. The molecule has 0 spiro atoms. The van der Waals surface area contributed by atoms with Crippen LogP contribution in [0.15, 0.2) is 36.4 Å². The Labute approximate surface area is 202 Å². The van der Waals surface area contributed by atoms with Gasteiger partial charge in [-0.1, -0.05) is 56.9 Å². The third-order valence-electron chi connectivity index (χ3n) is 7.47. The van der Waals surface area contributed by atoms with E-state index >= 15 is 0 Å². The van der Waals surface area contributed by atoms with E-state index in [4.69, 9.17) is 14.2 Å². The van der Waals surface area contributed by atoms with Crippen molar-refractivity contribution in [3.8, 4) is 5.75 Å². The summed E-state index contributed by atoms with van der Waals surface area (Å²) >= 11 is 0. The summed E-state index contributed by atoms with van der Waals surface area (Å²) in [5.74, 6) is -0.409. The fourth-order valence-electron chi connectivity index (χ4n) is 5.38. The number of rotatable bonds is 9. The van der Waals surface area contributed by atoms with Crippen LogP contribution in [0, 0.1) is 17.6 Å². The molecule has 1 saturated heterocycles. The molecule has 4 rings (SSSR count). The zero-order valence-electron chi connectivity index (χ0n) is 20.5. The highest BCUT2D eigenvalue weighted by Crippen LogP contribution is 2.39. The van der Waals surface area contributed by atoms with Crippen molar-refractivity contribution in [2.24, 2.45) is 5.92 Å². The van der Waals surface area contributed by atoms with Gasteiger partial charge in [0.1, 0.15) is 0 Å². The summed E-state index contributed by atoms with van der Waals surface area (Å²) in [6.07, 6.45) is 9.82. The van der Waals surface area contributed by atoms with Crippen molar-refractivity contribution < 1.29 is 23.0 Å². The summed E-state index contributed by atoms with van der Waals surface area (Å²) in [5, 5.41) is 0. The molecule has 1 aliphatic heterocycles. The maximum absolute atomic E-state index is 14.5. The van der Waals surface area contributed by atoms with Crippen molar-refractivity contribution in [1.82, 2.24) is 0 Å². The van der Waals surface area contributed by atoms with E-state index in [0.717, 1.165) is 11.5 Å². The summed E-state index contributed by atoms with van der Waals surface area (Å²) in [6, 6.07) is 11.8. The molecule has 0 N–H and O–H groups in total. The van der Waals surface area contributed by atoms with Gasteiger partial charge in [0, 0.05) is 11.5 Å². The molecule has 2 aromatic rings. The second kappa shape index (κ2) is 12.1. The average Bonchev–Trinajstić information content (AvgIpc) is 2.88. The summed E-state index contributed by atoms with van der Waals surface area (Å²) in [7, 11) is 0. The predicted octanol–water partition coefficient (Wildman–Crippen LogP) is 8.05. The molecule has 3 nitrogen and oxygen atoms in total. The topological polar surface area (TPSA) is 27.7 Å². The normalized spacial score (nSPS) is 25.3. The SMILES string of the molecule is CCCCCC1CCC(c2ccc(C3COC(c4ccc(OCC)c(F)c4F)OC3)cc2)CC1. The lowest BCUT2D eigenvalue weighted by atomic mass is 9.77. The van der Waals surface area contributed by atoms with Crippen LogP contribution in [0.2, 0.25) is 0 Å². The lowest BCUT2D eigenvalue weighted by Gasteiger charge is -2.31. The zero-order chi connectivity index (χ0) is 23.9. The van der Waals surface area contributed by atoms with Crippen molar-refractivity contribution in [1.29, 1.82) is 0 Å². The van der Waals surface area contributed by atoms with Crippen LogP contribution < -0.4 is 4.74 Å². The van der Waals surface area contributed by atoms with Gasteiger partial charge in [-0.15, -0.1) is 0 Å². The summed E-state index contributed by atoms with van der Waals surface area (Å²) in [6.45, 7) is 5.08. The van der Waals surface area contributed by atoms with Crippen LogP contribution in [-0.4, -0.2) is 19.8 Å². The molecule has 34 heavy (non-hydrogen) atoms. The average molecular weight is 473 g/mol. The van der Waals surface area contributed by atoms with Gasteiger partial charge in [-0.05, 0) is 67.7 Å². The number of hydrogen-bond donors (Lipinski definition) is 0. The minimum Gasteiger partial charge on any atom is -0.491 e. The Balaban J connectivity index is 1.29. The number of halogens is 2. The van der Waals surface area contributed by atoms with Gasteiger partial charge in [0.25, 0.3) is 0 Å². The molecular weight excluding hydrogens is 434 g/mol. The summed E-state index contributed by atoms with van der Waals surface area (Å²) in [5.41, 5.74) is 2.66. The number of benzene rings is 2. The van der Waals surface area contributed by atoms with Crippen molar-refractivity contribution in [2.75, 3.05) is 19.8 Å². The molecule has 2 aromatic carbocycles. The Hall–Kier alpha value is -1.98. The molecule has 2 fully saturated rings. The number of hydrogen-bond acceptors (Lipinski definition) is 3. The second-order valence-electron chi connectivity index (χ2n) is 9.79. The van der Waals surface area contributed by atoms with Crippen LogP contribution >= 0.6 is 0 Å². The Kier molecular flexibility index (Phi) is 8.96. The molecule has 2 aliphatic rings. The first kappa shape index (κ1) is 25.1. The van der Waals surface area contributed by atoms with Gasteiger partial charge in [-0.2, -0.15) is 4.39 Å². The quantitative estimate of drug-likeness (QED) is 0.346. The highest BCUT2D eigenvalue weighted by molar-refractivity contribution is 5.32. The molecule has 1 heterocycles. The molecule has 1 aliphatic carbocycles. The highest BCUT2D eigenvalue weighted by atomic mass is 19.2. The maximum atomic E-state index is 14.5. The molecule has 0 radical (unpaired) electrons. The van der Waals surface area contributed by atoms with E-state index in [-0.39, 0.29) is 23.8 Å². The zero-order valence-corrected chi connectivity index (χ0v) is 20.5. The van der Waals surface area contributed by atoms with Crippen LogP contribution in [0.5, 0.6) is 5.75 Å². The molecule has 5 heteroatoms. The van der Waals surface area contributed by atoms with Gasteiger partial charge in [0.2, 0.25) is 5.82 Å². The predicted molar refractivity (Wildman–Crippen MR) is 130 cm³/mol. The summed E-state index contributed by atoms with van der Waals surface area (Å²) < 4.78 is 45.4. The van der Waals surface area contributed by atoms with Gasteiger partial charge in [0.15, 0.2) is 17.9 Å². The molecule has 0 atom stereocenters. The molecule has 0 bridgehead atoms. The van der Waals surface area contributed by atoms with Crippen molar-refractivity contribution >= 4 is 0 Å². The monoisotopic (exact) mass is 472 g/mol. The molecule has 0 unspecified atom stereocenters. The molecular formula is C29H38F2O3. The minimum absolute atomic E-state index is 0.0695. The fraction of sp³-hybridized carbons (Fsp3) is 0.586. The highest BCUT2D eigenvalue weighted by Gasteiger charge is 2.29. The van der Waals surface area contributed by atoms with E-state index in [0.29, 0.717) is 19.1 Å². The van der Waals surface area contributed by atoms with Gasteiger partial charge >= 0.3 is 0 Å². The van der Waals surface area contributed by atoms with Crippen LogP contribution in [-0.2, 0) is 9.47 Å². The van der Waals surface area contributed by atoms with Gasteiger partial charge in [0.05, 0.1) is 19.8 Å². The Bertz CT molecular complexity index is 898. The number of unbranched alkanes of at least 4 members (excludes halogenated alkanes) is 2. The van der Waals surface area contributed by atoms with E-state index in [9.17, 15) is 8.78 Å². The van der Waals surface area contributed by atoms with Gasteiger partial charge < -0.3 is 14.2 Å². The van der Waals surface area contributed by atoms with Crippen molar-refractivity contribution in [3.05, 3.63) is 64.7 Å². The fourth-order valence-corrected chi connectivity index (χ4v) is 5.38.